The number of rotatable bonds is 3. The molecule has 128 valence electrons. The number of halogens is 7. The molecule has 0 aromatic carbocycles. The molecule has 0 spiro atoms. The van der Waals surface area contributed by atoms with E-state index in [1.165, 1.54) is 20.8 Å². The number of aliphatic hydroxyl groups is 1. The van der Waals surface area contributed by atoms with Gasteiger partial charge in [0.2, 0.25) is 6.41 Å². The second-order valence-corrected chi connectivity index (χ2v) is 5.89. The minimum atomic E-state index is -6.52. The van der Waals surface area contributed by atoms with Crippen LogP contribution >= 0.6 is 0 Å². The van der Waals surface area contributed by atoms with Gasteiger partial charge in [-0.2, -0.15) is 35.8 Å². The van der Waals surface area contributed by atoms with E-state index in [-0.39, 0.29) is 11.4 Å². The maximum Gasteiger partial charge on any atom is 0.460 e. The van der Waals surface area contributed by atoms with E-state index in [2.05, 4.69) is 5.10 Å². The lowest BCUT2D eigenvalue weighted by atomic mass is 9.79. The topological polar surface area (TPSA) is 52.9 Å². The van der Waals surface area contributed by atoms with E-state index in [1.807, 2.05) is 0 Å². The first kappa shape index (κ1) is 18.7. The van der Waals surface area contributed by atoms with Gasteiger partial charge < -0.3 is 5.11 Å². The highest BCUT2D eigenvalue weighted by Crippen LogP contribution is 2.51. The van der Waals surface area contributed by atoms with Crippen molar-refractivity contribution in [1.29, 1.82) is 0 Å². The van der Waals surface area contributed by atoms with E-state index in [0.29, 0.717) is 0 Å². The van der Waals surface area contributed by atoms with Crippen LogP contribution in [0.1, 0.15) is 27.2 Å². The van der Waals surface area contributed by atoms with Crippen LogP contribution < -0.4 is 0 Å². The summed E-state index contributed by atoms with van der Waals surface area (Å²) in [4.78, 5) is 10.8. The molecule has 0 aliphatic carbocycles. The Hall–Kier alpha value is -1.39. The van der Waals surface area contributed by atoms with Crippen molar-refractivity contribution in [3.05, 3.63) is 0 Å². The highest BCUT2D eigenvalue weighted by Gasteiger charge is 2.76. The molecule has 1 amide bonds. The fourth-order valence-corrected chi connectivity index (χ4v) is 1.82. The number of nitrogens with zero attached hydrogens (tertiary/aromatic N) is 2. The maximum absolute atomic E-state index is 13.6. The summed E-state index contributed by atoms with van der Waals surface area (Å²) in [6.45, 7) is 3.84. The fraction of sp³-hybridized carbons (Fsp3) is 0.818. The average molecular weight is 338 g/mol. The molecule has 0 aromatic rings. The van der Waals surface area contributed by atoms with Crippen molar-refractivity contribution >= 4 is 12.1 Å². The molecular weight excluding hydrogens is 325 g/mol. The molecule has 1 aliphatic heterocycles. The van der Waals surface area contributed by atoms with Crippen molar-refractivity contribution in [1.82, 2.24) is 5.01 Å². The Morgan fingerprint density at radius 1 is 1.14 bits per heavy atom. The zero-order valence-electron chi connectivity index (χ0n) is 11.7. The highest BCUT2D eigenvalue weighted by atomic mass is 19.4. The van der Waals surface area contributed by atoms with Crippen LogP contribution in [-0.4, -0.2) is 46.0 Å². The van der Waals surface area contributed by atoms with E-state index in [1.54, 1.807) is 0 Å². The molecule has 22 heavy (non-hydrogen) atoms. The van der Waals surface area contributed by atoms with Gasteiger partial charge in [-0.05, 0) is 0 Å². The van der Waals surface area contributed by atoms with E-state index < -0.39 is 41.3 Å². The zero-order chi connectivity index (χ0) is 17.8. The predicted octanol–water partition coefficient (Wildman–Crippen LogP) is 2.77. The number of carbonyl (C=O) groups excluding carboxylic acids is 1. The van der Waals surface area contributed by atoms with Crippen LogP contribution in [0.4, 0.5) is 30.7 Å². The third-order valence-electron chi connectivity index (χ3n) is 3.44. The van der Waals surface area contributed by atoms with Gasteiger partial charge in [0.05, 0.1) is 0 Å². The summed E-state index contributed by atoms with van der Waals surface area (Å²) in [5, 5.41) is 13.0. The largest absolute Gasteiger partial charge is 0.460 e. The molecule has 4 nitrogen and oxygen atoms in total. The van der Waals surface area contributed by atoms with Gasteiger partial charge in [0.1, 0.15) is 5.71 Å². The number of hydrazone groups is 1. The van der Waals surface area contributed by atoms with Gasteiger partial charge in [-0.25, -0.2) is 5.01 Å². The zero-order valence-corrected chi connectivity index (χ0v) is 11.7. The lowest BCUT2D eigenvalue weighted by Gasteiger charge is -2.40. The first-order valence-corrected chi connectivity index (χ1v) is 5.89. The number of hydrogen-bond acceptors (Lipinski definition) is 3. The monoisotopic (exact) mass is 338 g/mol. The highest BCUT2D eigenvalue weighted by molar-refractivity contribution is 5.95. The second-order valence-electron chi connectivity index (χ2n) is 5.89. The first-order chi connectivity index (χ1) is 9.52. The number of amides is 1. The van der Waals surface area contributed by atoms with Gasteiger partial charge in [-0.15, -0.1) is 0 Å². The van der Waals surface area contributed by atoms with Crippen molar-refractivity contribution in [3.8, 4) is 0 Å². The summed E-state index contributed by atoms with van der Waals surface area (Å²) in [7, 11) is 0. The summed E-state index contributed by atoms with van der Waals surface area (Å²) in [6, 6.07) is 0. The smallest absolute Gasteiger partial charge is 0.368 e. The molecule has 1 rings (SSSR count). The van der Waals surface area contributed by atoms with Gasteiger partial charge in [-0.1, -0.05) is 20.8 Å². The van der Waals surface area contributed by atoms with Gasteiger partial charge in [0.15, 0.2) is 5.72 Å². The van der Waals surface area contributed by atoms with Crippen LogP contribution in [0, 0.1) is 5.41 Å². The van der Waals surface area contributed by atoms with E-state index in [0.717, 1.165) is 0 Å². The van der Waals surface area contributed by atoms with Crippen LogP contribution in [0.15, 0.2) is 5.10 Å². The molecule has 0 radical (unpaired) electrons. The van der Waals surface area contributed by atoms with E-state index in [9.17, 15) is 40.6 Å². The van der Waals surface area contributed by atoms with Gasteiger partial charge in [-0.3, -0.25) is 4.79 Å². The Morgan fingerprint density at radius 2 is 1.59 bits per heavy atom. The van der Waals surface area contributed by atoms with Gasteiger partial charge >= 0.3 is 18.0 Å². The van der Waals surface area contributed by atoms with Crippen molar-refractivity contribution in [2.45, 2.75) is 50.9 Å². The quantitative estimate of drug-likeness (QED) is 0.635. The Balaban J connectivity index is 3.33. The fourth-order valence-electron chi connectivity index (χ4n) is 1.82. The Bertz CT molecular complexity index is 496. The molecule has 1 aliphatic rings. The molecule has 1 N–H and O–H groups in total. The van der Waals surface area contributed by atoms with Crippen LogP contribution in [0.3, 0.4) is 0 Å². The maximum atomic E-state index is 13.6. The minimum Gasteiger partial charge on any atom is -0.368 e. The normalized spacial score (nSPS) is 24.5. The summed E-state index contributed by atoms with van der Waals surface area (Å²) < 4.78 is 89.6. The van der Waals surface area contributed by atoms with Crippen LogP contribution in [0.5, 0.6) is 0 Å². The summed E-state index contributed by atoms with van der Waals surface area (Å²) >= 11 is 0. The lowest BCUT2D eigenvalue weighted by molar-refractivity contribution is -0.336. The van der Waals surface area contributed by atoms with Crippen molar-refractivity contribution in [2.75, 3.05) is 0 Å². The standard InChI is InChI=1S/C11H13F7N2O2/c1-7(2,3)8(22)4-6(19-20(8)5-21)9(12,13)10(14,15)11(16,17)18/h5,22H,4H2,1-3H3/t8-/m0/s1. The molecule has 0 bridgehead atoms. The van der Waals surface area contributed by atoms with Crippen LogP contribution in [-0.2, 0) is 4.79 Å². The molecule has 0 saturated carbocycles. The number of carbonyl (C=O) groups is 1. The molecule has 0 aromatic heterocycles. The molecular formula is C11H13F7N2O2. The Labute approximate surface area is 120 Å². The Kier molecular flexibility index (Phi) is 4.07. The SMILES string of the molecule is CC(C)(C)[C@@]1(O)CC(C(F)(F)C(F)(F)C(F)(F)F)=NN1C=O. The number of alkyl halides is 7. The summed E-state index contributed by atoms with van der Waals surface area (Å²) in [6.07, 6.45) is -8.08. The summed E-state index contributed by atoms with van der Waals surface area (Å²) in [5.74, 6) is -12.1. The third kappa shape index (κ3) is 2.44. The van der Waals surface area contributed by atoms with Crippen molar-refractivity contribution in [2.24, 2.45) is 10.5 Å². The van der Waals surface area contributed by atoms with Crippen molar-refractivity contribution < 1.29 is 40.6 Å². The third-order valence-corrected chi connectivity index (χ3v) is 3.44. The van der Waals surface area contributed by atoms with E-state index in [4.69, 9.17) is 0 Å². The van der Waals surface area contributed by atoms with Crippen LogP contribution in [0.2, 0.25) is 0 Å². The second kappa shape index (κ2) is 4.80. The molecule has 0 saturated heterocycles. The van der Waals surface area contributed by atoms with Crippen molar-refractivity contribution in [3.63, 3.8) is 0 Å². The Morgan fingerprint density at radius 3 is 1.86 bits per heavy atom. The van der Waals surface area contributed by atoms with Crippen LogP contribution in [0.25, 0.3) is 0 Å². The molecule has 0 fully saturated rings. The van der Waals surface area contributed by atoms with E-state index >= 15 is 0 Å². The average Bonchev–Trinajstić information content (AvgIpc) is 2.66. The first-order valence-electron chi connectivity index (χ1n) is 5.89. The number of hydrogen-bond donors (Lipinski definition) is 1. The van der Waals surface area contributed by atoms with Gasteiger partial charge in [0, 0.05) is 11.8 Å². The molecule has 11 heteroatoms. The molecule has 1 atom stereocenters. The molecule has 0 unspecified atom stereocenters. The minimum absolute atomic E-state index is 0.0305. The predicted molar refractivity (Wildman–Crippen MR) is 60.3 cm³/mol. The lowest BCUT2D eigenvalue weighted by Crippen LogP contribution is -2.57. The molecule has 1 heterocycles. The summed E-state index contributed by atoms with van der Waals surface area (Å²) in [5.41, 5.74) is -5.70. The van der Waals surface area contributed by atoms with Gasteiger partial charge in [0.25, 0.3) is 0 Å².